The Kier molecular flexibility index (Phi) is 5.07. The van der Waals surface area contributed by atoms with Gasteiger partial charge >= 0.3 is 6.03 Å². The van der Waals surface area contributed by atoms with E-state index in [-0.39, 0.29) is 19.0 Å². The number of hydrogen-bond donors (Lipinski definition) is 2. The first-order valence-corrected chi connectivity index (χ1v) is 9.68. The van der Waals surface area contributed by atoms with Crippen molar-refractivity contribution in [3.63, 3.8) is 0 Å². The first-order chi connectivity index (χ1) is 14.5. The molecule has 1 spiro atoms. The maximum absolute atomic E-state index is 13.1. The van der Waals surface area contributed by atoms with Gasteiger partial charge in [0.05, 0.1) is 14.2 Å². The van der Waals surface area contributed by atoms with Gasteiger partial charge in [-0.1, -0.05) is 24.3 Å². The van der Waals surface area contributed by atoms with Crippen molar-refractivity contribution in [2.75, 3.05) is 20.8 Å². The quantitative estimate of drug-likeness (QED) is 0.708. The number of imide groups is 1. The standard InChI is InChI=1S/C22H23N3O5/c1-29-16-7-8-18(30-2)15(11-16)12-23-19(26)13-25-20(27)22(24-21(25)28)10-9-14-5-3-4-6-17(14)22/h3-8,11H,9-10,12-13H2,1-2H3,(H,23,26)(H,24,28)/t22-/m1/s1. The fourth-order valence-electron chi connectivity index (χ4n) is 4.15. The van der Waals surface area contributed by atoms with Gasteiger partial charge in [-0.2, -0.15) is 0 Å². The number of fused-ring (bicyclic) bond motifs is 2. The van der Waals surface area contributed by atoms with Crippen LogP contribution < -0.4 is 20.1 Å². The number of hydrogen-bond acceptors (Lipinski definition) is 5. The minimum Gasteiger partial charge on any atom is -0.497 e. The number of methoxy groups -OCH3 is 2. The zero-order chi connectivity index (χ0) is 21.3. The summed E-state index contributed by atoms with van der Waals surface area (Å²) in [5.41, 5.74) is 1.52. The summed E-state index contributed by atoms with van der Waals surface area (Å²) in [6.07, 6.45) is 1.20. The number of benzene rings is 2. The van der Waals surface area contributed by atoms with Crippen LogP contribution in [0.25, 0.3) is 0 Å². The van der Waals surface area contributed by atoms with Crippen LogP contribution in [0.1, 0.15) is 23.1 Å². The van der Waals surface area contributed by atoms with Crippen LogP contribution in [0.5, 0.6) is 11.5 Å². The SMILES string of the molecule is COc1ccc(OC)c(CNC(=O)CN2C(=O)N[C@@]3(CCc4ccccc43)C2=O)c1. The topological polar surface area (TPSA) is 97.0 Å². The average molecular weight is 409 g/mol. The molecule has 1 heterocycles. The lowest BCUT2D eigenvalue weighted by Crippen LogP contribution is -2.43. The van der Waals surface area contributed by atoms with Crippen molar-refractivity contribution >= 4 is 17.8 Å². The largest absolute Gasteiger partial charge is 0.497 e. The molecule has 2 aromatic carbocycles. The Morgan fingerprint density at radius 1 is 1.17 bits per heavy atom. The van der Waals surface area contributed by atoms with E-state index < -0.39 is 17.5 Å². The van der Waals surface area contributed by atoms with Gasteiger partial charge in [-0.05, 0) is 42.2 Å². The molecule has 0 saturated carbocycles. The summed E-state index contributed by atoms with van der Waals surface area (Å²) in [6.45, 7) is -0.169. The predicted octanol–water partition coefficient (Wildman–Crippen LogP) is 1.71. The summed E-state index contributed by atoms with van der Waals surface area (Å²) in [5, 5.41) is 5.56. The molecule has 8 nitrogen and oxygen atoms in total. The second-order valence-corrected chi connectivity index (χ2v) is 7.34. The van der Waals surface area contributed by atoms with Gasteiger partial charge in [0, 0.05) is 12.1 Å². The third-order valence-corrected chi connectivity index (χ3v) is 5.69. The van der Waals surface area contributed by atoms with Crippen molar-refractivity contribution in [1.82, 2.24) is 15.5 Å². The van der Waals surface area contributed by atoms with E-state index in [0.717, 1.165) is 21.6 Å². The van der Waals surface area contributed by atoms with E-state index in [9.17, 15) is 14.4 Å². The minimum absolute atomic E-state index is 0.177. The second-order valence-electron chi connectivity index (χ2n) is 7.34. The third kappa shape index (κ3) is 3.24. The highest BCUT2D eigenvalue weighted by Gasteiger charge is 2.55. The van der Waals surface area contributed by atoms with Gasteiger partial charge in [-0.3, -0.25) is 14.5 Å². The second kappa shape index (κ2) is 7.70. The van der Waals surface area contributed by atoms with Crippen LogP contribution in [-0.4, -0.2) is 43.5 Å². The highest BCUT2D eigenvalue weighted by molar-refractivity contribution is 6.09. The van der Waals surface area contributed by atoms with Crippen LogP contribution >= 0.6 is 0 Å². The van der Waals surface area contributed by atoms with Crippen LogP contribution in [0.2, 0.25) is 0 Å². The molecule has 1 fully saturated rings. The van der Waals surface area contributed by atoms with Gasteiger partial charge in [0.25, 0.3) is 5.91 Å². The molecule has 4 rings (SSSR count). The monoisotopic (exact) mass is 409 g/mol. The number of nitrogens with zero attached hydrogens (tertiary/aromatic N) is 1. The molecule has 1 aliphatic heterocycles. The van der Waals surface area contributed by atoms with Gasteiger partial charge in [-0.15, -0.1) is 0 Å². The third-order valence-electron chi connectivity index (χ3n) is 5.69. The summed E-state index contributed by atoms with van der Waals surface area (Å²) in [7, 11) is 3.10. The number of carbonyl (C=O) groups is 3. The lowest BCUT2D eigenvalue weighted by Gasteiger charge is -2.22. The molecule has 1 atom stereocenters. The van der Waals surface area contributed by atoms with Gasteiger partial charge in [0.15, 0.2) is 0 Å². The number of aryl methyl sites for hydroxylation is 1. The normalized spacial score (nSPS) is 19.6. The molecule has 1 saturated heterocycles. The fourth-order valence-corrected chi connectivity index (χ4v) is 4.15. The van der Waals surface area contributed by atoms with Crippen molar-refractivity contribution in [3.05, 3.63) is 59.2 Å². The molecule has 0 unspecified atom stereocenters. The molecule has 156 valence electrons. The van der Waals surface area contributed by atoms with Crippen LogP contribution in [-0.2, 0) is 28.1 Å². The van der Waals surface area contributed by atoms with E-state index in [1.807, 2.05) is 24.3 Å². The van der Waals surface area contributed by atoms with Crippen molar-refractivity contribution < 1.29 is 23.9 Å². The molecule has 30 heavy (non-hydrogen) atoms. The molecule has 0 radical (unpaired) electrons. The summed E-state index contributed by atoms with van der Waals surface area (Å²) < 4.78 is 10.5. The molecule has 0 bridgehead atoms. The number of carbonyl (C=O) groups excluding carboxylic acids is 3. The molecule has 2 N–H and O–H groups in total. The zero-order valence-electron chi connectivity index (χ0n) is 16.9. The molecule has 0 aromatic heterocycles. The Morgan fingerprint density at radius 2 is 1.97 bits per heavy atom. The van der Waals surface area contributed by atoms with Gasteiger partial charge < -0.3 is 20.1 Å². The van der Waals surface area contributed by atoms with E-state index in [1.165, 1.54) is 0 Å². The maximum Gasteiger partial charge on any atom is 0.325 e. The van der Waals surface area contributed by atoms with E-state index >= 15 is 0 Å². The Morgan fingerprint density at radius 3 is 2.73 bits per heavy atom. The smallest absolute Gasteiger partial charge is 0.325 e. The van der Waals surface area contributed by atoms with E-state index in [1.54, 1.807) is 32.4 Å². The van der Waals surface area contributed by atoms with Crippen molar-refractivity contribution in [2.45, 2.75) is 24.9 Å². The lowest BCUT2D eigenvalue weighted by molar-refractivity contribution is -0.135. The number of ether oxygens (including phenoxy) is 2. The van der Waals surface area contributed by atoms with E-state index in [4.69, 9.17) is 9.47 Å². The molecule has 2 aliphatic rings. The van der Waals surface area contributed by atoms with Gasteiger partial charge in [-0.25, -0.2) is 4.79 Å². The predicted molar refractivity (Wildman–Crippen MR) is 108 cm³/mol. The molecule has 8 heteroatoms. The molecular formula is C22H23N3O5. The summed E-state index contributed by atoms with van der Waals surface area (Å²) in [4.78, 5) is 39.1. The van der Waals surface area contributed by atoms with Crippen molar-refractivity contribution in [1.29, 1.82) is 0 Å². The fraction of sp³-hybridized carbons (Fsp3) is 0.318. The Balaban J connectivity index is 1.45. The van der Waals surface area contributed by atoms with Crippen LogP contribution in [0.15, 0.2) is 42.5 Å². The van der Waals surface area contributed by atoms with Crippen LogP contribution in [0.3, 0.4) is 0 Å². The van der Waals surface area contributed by atoms with Crippen LogP contribution in [0.4, 0.5) is 4.79 Å². The van der Waals surface area contributed by atoms with Gasteiger partial charge in [0.1, 0.15) is 23.6 Å². The maximum atomic E-state index is 13.1. The van der Waals surface area contributed by atoms with Crippen molar-refractivity contribution in [3.8, 4) is 11.5 Å². The molecule has 4 amide bonds. The molecule has 1 aliphatic carbocycles. The van der Waals surface area contributed by atoms with Crippen LogP contribution in [0, 0.1) is 0 Å². The Bertz CT molecular complexity index is 1020. The molecular weight excluding hydrogens is 386 g/mol. The van der Waals surface area contributed by atoms with Crippen molar-refractivity contribution in [2.24, 2.45) is 0 Å². The van der Waals surface area contributed by atoms with E-state index in [2.05, 4.69) is 10.6 Å². The average Bonchev–Trinajstić information content (AvgIpc) is 3.25. The Hall–Kier alpha value is -3.55. The highest BCUT2D eigenvalue weighted by atomic mass is 16.5. The number of urea groups is 1. The minimum atomic E-state index is -1.07. The highest BCUT2D eigenvalue weighted by Crippen LogP contribution is 2.41. The number of rotatable bonds is 6. The first-order valence-electron chi connectivity index (χ1n) is 9.68. The Labute approximate surface area is 174 Å². The summed E-state index contributed by atoms with van der Waals surface area (Å²) in [5.74, 6) is 0.418. The zero-order valence-corrected chi connectivity index (χ0v) is 16.9. The molecule has 2 aromatic rings. The summed E-state index contributed by atoms with van der Waals surface area (Å²) in [6, 6.07) is 12.3. The number of amides is 4. The van der Waals surface area contributed by atoms with Gasteiger partial charge in [0.2, 0.25) is 5.91 Å². The number of nitrogens with one attached hydrogen (secondary N) is 2. The summed E-state index contributed by atoms with van der Waals surface area (Å²) >= 11 is 0. The lowest BCUT2D eigenvalue weighted by atomic mass is 9.92. The van der Waals surface area contributed by atoms with E-state index in [0.29, 0.717) is 24.3 Å². The first kappa shape index (κ1) is 19.8.